The molecule has 19 valence electrons. The van der Waals surface area contributed by atoms with Gasteiger partial charge in [-0.05, 0) is 0 Å². The predicted molar refractivity (Wildman–Crippen MR) is 5.75 cm³/mol. The van der Waals surface area contributed by atoms with Crippen molar-refractivity contribution >= 4 is 17.4 Å². The Morgan fingerprint density at radius 3 is 0.400 bits per heavy atom. The Balaban J connectivity index is 0. The molecule has 0 N–H and O–H groups in total. The van der Waals surface area contributed by atoms with Gasteiger partial charge in [-0.3, -0.25) is 0 Å². The van der Waals surface area contributed by atoms with Gasteiger partial charge in [0.2, 0.25) is 0 Å². The standard InChI is InChI=1S/Al.4Ti. The van der Waals surface area contributed by atoms with Crippen LogP contribution in [-0.4, -0.2) is 17.4 Å². The molecule has 0 aliphatic heterocycles. The molecule has 0 atom stereocenters. The molecule has 0 aromatic carbocycles. The first kappa shape index (κ1) is 39.9. The molecule has 0 aliphatic rings. The van der Waals surface area contributed by atoms with E-state index in [9.17, 15) is 0 Å². The van der Waals surface area contributed by atoms with Crippen LogP contribution >= 0.6 is 0 Å². The molecule has 0 aromatic rings. The van der Waals surface area contributed by atoms with E-state index in [4.69, 9.17) is 0 Å². The maximum atomic E-state index is 0. The minimum Gasteiger partial charge on any atom is 0 e. The van der Waals surface area contributed by atoms with Crippen LogP contribution in [-0.2, 0) is 86.9 Å². The molecular weight excluding hydrogens is 218 g/mol. The maximum absolute atomic E-state index is 0. The molecule has 0 fully saturated rings. The Morgan fingerprint density at radius 1 is 0.400 bits per heavy atom. The van der Waals surface area contributed by atoms with Crippen LogP contribution in [0, 0.1) is 0 Å². The first-order chi connectivity index (χ1) is 0. The van der Waals surface area contributed by atoms with Crippen molar-refractivity contribution in [1.82, 2.24) is 0 Å². The maximum Gasteiger partial charge on any atom is 0 e. The fraction of sp³-hybridized carbons (Fsp3) is 0. The van der Waals surface area contributed by atoms with E-state index in [-0.39, 0.29) is 104 Å². The summed E-state index contributed by atoms with van der Waals surface area (Å²) in [6, 6.07) is 0. The predicted octanol–water partition coefficient (Wildman–Crippen LogP) is -0.391. The van der Waals surface area contributed by atoms with Crippen molar-refractivity contribution in [3.8, 4) is 0 Å². The van der Waals surface area contributed by atoms with Gasteiger partial charge in [0.05, 0.1) is 0 Å². The number of hydrogen-bond acceptors (Lipinski definition) is 0. The van der Waals surface area contributed by atoms with Crippen molar-refractivity contribution < 1.29 is 86.9 Å². The second-order valence-corrected chi connectivity index (χ2v) is 0. The van der Waals surface area contributed by atoms with Crippen LogP contribution in [0.5, 0.6) is 0 Å². The molecule has 0 aliphatic carbocycles. The third-order valence-corrected chi connectivity index (χ3v) is 0. The van der Waals surface area contributed by atoms with Crippen LogP contribution in [0.4, 0.5) is 0 Å². The van der Waals surface area contributed by atoms with E-state index in [0.29, 0.717) is 0 Å². The number of rotatable bonds is 0. The summed E-state index contributed by atoms with van der Waals surface area (Å²) in [5.41, 5.74) is 0. The van der Waals surface area contributed by atoms with Gasteiger partial charge in [-0.1, -0.05) is 0 Å². The summed E-state index contributed by atoms with van der Waals surface area (Å²) in [6.07, 6.45) is 0. The van der Waals surface area contributed by atoms with Gasteiger partial charge < -0.3 is 0 Å². The van der Waals surface area contributed by atoms with Gasteiger partial charge in [0.15, 0.2) is 0 Å². The van der Waals surface area contributed by atoms with Crippen molar-refractivity contribution in [3.63, 3.8) is 0 Å². The van der Waals surface area contributed by atoms with Gasteiger partial charge in [-0.2, -0.15) is 0 Å². The first-order valence-corrected chi connectivity index (χ1v) is 0. The smallest absolute Gasteiger partial charge is 0 e. The average Bonchev–Trinajstić information content (AvgIpc) is 0. The van der Waals surface area contributed by atoms with Crippen LogP contribution in [0.2, 0.25) is 0 Å². The summed E-state index contributed by atoms with van der Waals surface area (Å²) in [5.74, 6) is 0. The molecule has 5 heavy (non-hydrogen) atoms. The second-order valence-electron chi connectivity index (χ2n) is 0. The van der Waals surface area contributed by atoms with E-state index in [2.05, 4.69) is 0 Å². The fourth-order valence-corrected chi connectivity index (χ4v) is 0. The van der Waals surface area contributed by atoms with Crippen LogP contribution in [0.15, 0.2) is 0 Å². The Hall–Kier alpha value is 3.39. The topological polar surface area (TPSA) is 0 Å². The van der Waals surface area contributed by atoms with Crippen molar-refractivity contribution in [2.24, 2.45) is 0 Å². The SMILES string of the molecule is [Al].[Ti].[Ti].[Ti].[Ti]. The van der Waals surface area contributed by atoms with Crippen LogP contribution in [0.25, 0.3) is 0 Å². The van der Waals surface area contributed by atoms with E-state index in [1.165, 1.54) is 0 Å². The third kappa shape index (κ3) is 18.7. The molecule has 0 heterocycles. The molecule has 0 spiro atoms. The van der Waals surface area contributed by atoms with E-state index in [1.807, 2.05) is 0 Å². The Bertz CT molecular complexity index is 3.61. The zero-order valence-electron chi connectivity index (χ0n) is 2.58. The van der Waals surface area contributed by atoms with E-state index < -0.39 is 0 Å². The van der Waals surface area contributed by atoms with Crippen molar-refractivity contribution in [2.75, 3.05) is 0 Å². The van der Waals surface area contributed by atoms with Gasteiger partial charge >= 0.3 is 0 Å². The summed E-state index contributed by atoms with van der Waals surface area (Å²) in [7, 11) is 0. The molecule has 0 amide bonds. The minimum atomic E-state index is 0. The van der Waals surface area contributed by atoms with Crippen LogP contribution in [0.3, 0.4) is 0 Å². The molecule has 5 heteroatoms. The zero-order valence-corrected chi connectivity index (χ0v) is 9.98. The van der Waals surface area contributed by atoms with Gasteiger partial charge in [0, 0.05) is 104 Å². The van der Waals surface area contributed by atoms with E-state index in [0.717, 1.165) is 0 Å². The average molecular weight is 218 g/mol. The molecular formula is AlTi4. The molecule has 0 saturated heterocycles. The van der Waals surface area contributed by atoms with Gasteiger partial charge in [0.25, 0.3) is 0 Å². The molecule has 0 aromatic heterocycles. The number of hydrogen-bond donors (Lipinski definition) is 0. The first-order valence-electron chi connectivity index (χ1n) is 0. The molecule has 3 radical (unpaired) electrons. The summed E-state index contributed by atoms with van der Waals surface area (Å²) in [4.78, 5) is 0. The molecule has 0 unspecified atom stereocenters. The Morgan fingerprint density at radius 2 is 0.400 bits per heavy atom. The molecule has 0 rings (SSSR count). The summed E-state index contributed by atoms with van der Waals surface area (Å²) >= 11 is 0. The van der Waals surface area contributed by atoms with Gasteiger partial charge in [0.1, 0.15) is 0 Å². The van der Waals surface area contributed by atoms with Crippen LogP contribution in [0.1, 0.15) is 0 Å². The van der Waals surface area contributed by atoms with E-state index in [1.54, 1.807) is 0 Å². The Kier molecular flexibility index (Phi) is 209. The molecule has 0 saturated carbocycles. The van der Waals surface area contributed by atoms with Crippen molar-refractivity contribution in [3.05, 3.63) is 0 Å². The quantitative estimate of drug-likeness (QED) is 0.486. The van der Waals surface area contributed by atoms with Gasteiger partial charge in [-0.15, -0.1) is 0 Å². The Labute approximate surface area is 102 Å². The van der Waals surface area contributed by atoms with Crippen molar-refractivity contribution in [1.29, 1.82) is 0 Å². The normalized spacial score (nSPS) is 0. The van der Waals surface area contributed by atoms with Crippen LogP contribution < -0.4 is 0 Å². The monoisotopic (exact) mass is 219 g/mol. The summed E-state index contributed by atoms with van der Waals surface area (Å²) in [5, 5.41) is 0. The summed E-state index contributed by atoms with van der Waals surface area (Å²) in [6.45, 7) is 0. The second kappa shape index (κ2) is 26.3. The zero-order chi connectivity index (χ0) is 0. The van der Waals surface area contributed by atoms with Crippen molar-refractivity contribution in [2.45, 2.75) is 0 Å². The fourth-order valence-electron chi connectivity index (χ4n) is 0. The van der Waals surface area contributed by atoms with Gasteiger partial charge in [-0.25, -0.2) is 0 Å². The summed E-state index contributed by atoms with van der Waals surface area (Å²) < 4.78 is 0. The third-order valence-electron chi connectivity index (χ3n) is 0. The molecule has 0 nitrogen and oxygen atoms in total. The molecule has 0 bridgehead atoms. The minimum absolute atomic E-state index is 0. The largest absolute Gasteiger partial charge is 0 e. The van der Waals surface area contributed by atoms with E-state index >= 15 is 0 Å².